The Morgan fingerprint density at radius 2 is 1.28 bits per heavy atom. The molecule has 1 saturated heterocycles. The van der Waals surface area contributed by atoms with Gasteiger partial charge in [-0.1, -0.05) is 33.3 Å². The Kier molecular flexibility index (Phi) is 19.2. The van der Waals surface area contributed by atoms with Crippen LogP contribution in [0.2, 0.25) is 18.1 Å². The molecule has 53 heavy (non-hydrogen) atoms. The molecule has 2 aliphatic heterocycles. The van der Waals surface area contributed by atoms with Gasteiger partial charge in [0.1, 0.15) is 6.04 Å². The normalized spacial score (nSPS) is 16.3. The lowest BCUT2D eigenvalue weighted by Crippen LogP contribution is -2.54. The molecule has 1 aromatic rings. The van der Waals surface area contributed by atoms with E-state index in [1.165, 1.54) is 6.07 Å². The van der Waals surface area contributed by atoms with Crippen LogP contribution in [0.3, 0.4) is 0 Å². The minimum atomic E-state index is -1.72. The third-order valence-electron chi connectivity index (χ3n) is 9.29. The summed E-state index contributed by atoms with van der Waals surface area (Å²) in [6.07, 6.45) is 2.49. The zero-order valence-corrected chi connectivity index (χ0v) is 33.1. The highest BCUT2D eigenvalue weighted by Crippen LogP contribution is 2.36. The van der Waals surface area contributed by atoms with Gasteiger partial charge in [0.25, 0.3) is 11.8 Å². The number of hydrogen-bond donors (Lipinski definition) is 2. The number of carbonyl (C=O) groups excluding carboxylic acids is 5. The van der Waals surface area contributed by atoms with Crippen molar-refractivity contribution in [3.05, 3.63) is 29.3 Å². The van der Waals surface area contributed by atoms with Crippen LogP contribution in [0.5, 0.6) is 0 Å². The van der Waals surface area contributed by atoms with Gasteiger partial charge in [0.15, 0.2) is 8.32 Å². The zero-order chi connectivity index (χ0) is 38.7. The first kappa shape index (κ1) is 44.3. The standard InChI is InChI=1S/C37H59N3O12Si/c1-37(2,3)53(4,5)52-27-26-51-25-24-50-23-22-49-21-20-48-19-18-47-17-16-46-15-8-6-7-12-31(41)38-29-11-9-10-28-33(29)36(45)40(35(28)44)30-13-14-32(42)39-34(30)43/h9-11,30H,6-8,12-27H2,1-5H3,(H,38,41)(H,39,42,43). The second-order valence-electron chi connectivity index (χ2n) is 14.3. The van der Waals surface area contributed by atoms with E-state index in [0.717, 1.165) is 17.7 Å². The smallest absolute Gasteiger partial charge is 0.264 e. The van der Waals surface area contributed by atoms with Gasteiger partial charge >= 0.3 is 0 Å². The first-order valence-corrected chi connectivity index (χ1v) is 21.5. The Balaban J connectivity index is 1.09. The first-order chi connectivity index (χ1) is 25.3. The van der Waals surface area contributed by atoms with E-state index in [2.05, 4.69) is 44.5 Å². The number of piperidine rings is 1. The average Bonchev–Trinajstić information content (AvgIpc) is 3.35. The van der Waals surface area contributed by atoms with Crippen molar-refractivity contribution in [1.82, 2.24) is 10.2 Å². The number of fused-ring (bicyclic) bond motifs is 1. The maximum absolute atomic E-state index is 13.2. The summed E-state index contributed by atoms with van der Waals surface area (Å²) < 4.78 is 39.3. The van der Waals surface area contributed by atoms with Crippen molar-refractivity contribution in [3.8, 4) is 0 Å². The van der Waals surface area contributed by atoms with Gasteiger partial charge in [0.2, 0.25) is 17.7 Å². The summed E-state index contributed by atoms with van der Waals surface area (Å²) in [5.74, 6) is -2.70. The fraction of sp³-hybridized carbons (Fsp3) is 0.703. The molecule has 1 unspecified atom stereocenters. The molecule has 0 aliphatic carbocycles. The second kappa shape index (κ2) is 23.0. The largest absolute Gasteiger partial charge is 0.414 e. The minimum Gasteiger partial charge on any atom is -0.414 e. The number of imide groups is 2. The highest BCUT2D eigenvalue weighted by atomic mass is 28.4. The fourth-order valence-electron chi connectivity index (χ4n) is 5.27. The molecule has 1 atom stereocenters. The Bertz CT molecular complexity index is 1350. The van der Waals surface area contributed by atoms with Crippen molar-refractivity contribution in [2.45, 2.75) is 83.5 Å². The van der Waals surface area contributed by atoms with E-state index in [4.69, 9.17) is 32.8 Å². The fourth-order valence-corrected chi connectivity index (χ4v) is 6.30. The molecule has 298 valence electrons. The lowest BCUT2D eigenvalue weighted by molar-refractivity contribution is -0.136. The van der Waals surface area contributed by atoms with Crippen molar-refractivity contribution >= 4 is 43.5 Å². The van der Waals surface area contributed by atoms with Crippen molar-refractivity contribution in [2.24, 2.45) is 0 Å². The van der Waals surface area contributed by atoms with Crippen LogP contribution in [0.15, 0.2) is 18.2 Å². The quantitative estimate of drug-likeness (QED) is 0.0756. The molecule has 15 nitrogen and oxygen atoms in total. The molecular formula is C37H59N3O12Si. The Hall–Kier alpha value is -3.09. The number of benzene rings is 1. The predicted octanol–water partition coefficient (Wildman–Crippen LogP) is 3.71. The minimum absolute atomic E-state index is 0.0320. The maximum atomic E-state index is 13.2. The van der Waals surface area contributed by atoms with Gasteiger partial charge < -0.3 is 38.2 Å². The van der Waals surface area contributed by atoms with Gasteiger partial charge in [0, 0.05) is 19.4 Å². The molecular weight excluding hydrogens is 707 g/mol. The van der Waals surface area contributed by atoms with Crippen LogP contribution in [0, 0.1) is 0 Å². The Morgan fingerprint density at radius 3 is 1.81 bits per heavy atom. The van der Waals surface area contributed by atoms with Crippen molar-refractivity contribution in [2.75, 3.05) is 91.2 Å². The molecule has 2 N–H and O–H groups in total. The van der Waals surface area contributed by atoms with Crippen LogP contribution < -0.4 is 10.6 Å². The van der Waals surface area contributed by atoms with Crippen LogP contribution in [0.4, 0.5) is 5.69 Å². The molecule has 1 aromatic carbocycles. The van der Waals surface area contributed by atoms with E-state index in [1.54, 1.807) is 12.1 Å². The highest BCUT2D eigenvalue weighted by Gasteiger charge is 2.45. The van der Waals surface area contributed by atoms with Crippen molar-refractivity contribution in [3.63, 3.8) is 0 Å². The number of rotatable bonds is 27. The third-order valence-corrected chi connectivity index (χ3v) is 13.8. The monoisotopic (exact) mass is 765 g/mol. The van der Waals surface area contributed by atoms with E-state index in [1.807, 2.05) is 0 Å². The predicted molar refractivity (Wildman–Crippen MR) is 198 cm³/mol. The summed E-state index contributed by atoms with van der Waals surface area (Å²) in [7, 11) is -1.72. The first-order valence-electron chi connectivity index (χ1n) is 18.6. The number of carbonyl (C=O) groups is 5. The molecule has 16 heteroatoms. The highest BCUT2D eigenvalue weighted by molar-refractivity contribution is 6.74. The van der Waals surface area contributed by atoms with Gasteiger partial charge in [-0.3, -0.25) is 34.2 Å². The number of nitrogens with zero attached hydrogens (tertiary/aromatic N) is 1. The number of anilines is 1. The number of ether oxygens (including phenoxy) is 6. The molecule has 5 amide bonds. The molecule has 3 rings (SSSR count). The summed E-state index contributed by atoms with van der Waals surface area (Å²) in [6.45, 7) is 17.7. The van der Waals surface area contributed by atoms with Crippen molar-refractivity contribution in [1.29, 1.82) is 0 Å². The Morgan fingerprint density at radius 1 is 0.755 bits per heavy atom. The lowest BCUT2D eigenvalue weighted by atomic mass is 10.0. The van der Waals surface area contributed by atoms with Crippen LogP contribution in [0.1, 0.15) is 80.0 Å². The maximum Gasteiger partial charge on any atom is 0.264 e. The third kappa shape index (κ3) is 14.9. The summed E-state index contributed by atoms with van der Waals surface area (Å²) in [5.41, 5.74) is 0.395. The molecule has 0 bridgehead atoms. The summed E-state index contributed by atoms with van der Waals surface area (Å²) in [5, 5.41) is 5.11. The number of nitrogens with one attached hydrogen (secondary N) is 2. The van der Waals surface area contributed by atoms with Crippen LogP contribution in [-0.4, -0.2) is 135 Å². The van der Waals surface area contributed by atoms with Crippen LogP contribution in [0.25, 0.3) is 0 Å². The van der Waals surface area contributed by atoms with E-state index in [0.29, 0.717) is 92.3 Å². The van der Waals surface area contributed by atoms with Crippen LogP contribution in [-0.2, 0) is 47.2 Å². The number of hydrogen-bond acceptors (Lipinski definition) is 12. The lowest BCUT2D eigenvalue weighted by Gasteiger charge is -2.36. The molecule has 0 radical (unpaired) electrons. The average molecular weight is 766 g/mol. The number of amides is 5. The molecule has 1 fully saturated rings. The topological polar surface area (TPSA) is 177 Å². The molecule has 2 aliphatic rings. The van der Waals surface area contributed by atoms with E-state index < -0.39 is 38.0 Å². The number of unbranched alkanes of at least 4 members (excludes halogenated alkanes) is 2. The van der Waals surface area contributed by atoms with Gasteiger partial charge in [-0.25, -0.2) is 0 Å². The Labute approximate surface area is 314 Å². The molecule has 0 spiro atoms. The zero-order valence-electron chi connectivity index (χ0n) is 32.1. The van der Waals surface area contributed by atoms with E-state index in [9.17, 15) is 24.0 Å². The van der Waals surface area contributed by atoms with E-state index >= 15 is 0 Å². The van der Waals surface area contributed by atoms with Gasteiger partial charge in [-0.05, 0) is 49.5 Å². The molecule has 0 aromatic heterocycles. The summed E-state index contributed by atoms with van der Waals surface area (Å²) in [6, 6.07) is 3.54. The summed E-state index contributed by atoms with van der Waals surface area (Å²) in [4.78, 5) is 63.5. The van der Waals surface area contributed by atoms with E-state index in [-0.39, 0.29) is 47.0 Å². The summed E-state index contributed by atoms with van der Waals surface area (Å²) >= 11 is 0. The van der Waals surface area contributed by atoms with Crippen LogP contribution >= 0.6 is 0 Å². The van der Waals surface area contributed by atoms with Gasteiger partial charge in [0.05, 0.1) is 96.1 Å². The van der Waals surface area contributed by atoms with Crippen molar-refractivity contribution < 1.29 is 56.8 Å². The molecule has 0 saturated carbocycles. The molecule has 2 heterocycles. The second-order valence-corrected chi connectivity index (χ2v) is 19.1. The van der Waals surface area contributed by atoms with Gasteiger partial charge in [-0.15, -0.1) is 0 Å². The SMILES string of the molecule is CC(C)(C)[Si](C)(C)OCCOCCOCCOCCOCCOCCOCCCCCC(=O)Nc1cccc2c1C(=O)N(C1CCC(=O)NC1=O)C2=O. The van der Waals surface area contributed by atoms with Gasteiger partial charge in [-0.2, -0.15) is 0 Å².